The number of carbonyl (C=O) groups excluding carboxylic acids is 2. The second-order valence-corrected chi connectivity index (χ2v) is 4.22. The summed E-state index contributed by atoms with van der Waals surface area (Å²) < 4.78 is 5.08. The second-order valence-electron chi connectivity index (χ2n) is 4.22. The van der Waals surface area contributed by atoms with Crippen LogP contribution in [0, 0.1) is 0 Å². The monoisotopic (exact) mass is 269 g/mol. The van der Waals surface area contributed by atoms with Gasteiger partial charge in [0.1, 0.15) is 5.75 Å². The fourth-order valence-corrected chi connectivity index (χ4v) is 1.74. The van der Waals surface area contributed by atoms with E-state index in [1.165, 1.54) is 0 Å². The number of esters is 1. The molecule has 2 aromatic carbocycles. The molecule has 0 radical (unpaired) electrons. The Morgan fingerprint density at radius 3 is 2.15 bits per heavy atom. The minimum atomic E-state index is -0.366. The average molecular weight is 269 g/mol. The van der Waals surface area contributed by atoms with E-state index in [4.69, 9.17) is 4.74 Å². The highest BCUT2D eigenvalue weighted by Crippen LogP contribution is 2.15. The van der Waals surface area contributed by atoms with Crippen molar-refractivity contribution in [2.45, 2.75) is 0 Å². The molecule has 4 nitrogen and oxygen atoms in total. The maximum atomic E-state index is 12.2. The van der Waals surface area contributed by atoms with Crippen molar-refractivity contribution in [3.63, 3.8) is 0 Å². The zero-order valence-electron chi connectivity index (χ0n) is 11.1. The minimum Gasteiger partial charge on any atom is -0.426 e. The van der Waals surface area contributed by atoms with Crippen LogP contribution in [-0.2, 0) is 4.79 Å². The Hall–Kier alpha value is -2.46. The number of benzene rings is 2. The number of ether oxygens (including phenoxy) is 1. The van der Waals surface area contributed by atoms with Crippen LogP contribution in [-0.4, -0.2) is 25.3 Å². The summed E-state index contributed by atoms with van der Waals surface area (Å²) >= 11 is 0. The number of hydrogen-bond acceptors (Lipinski definition) is 4. The van der Waals surface area contributed by atoms with Gasteiger partial charge in [0.05, 0.1) is 6.54 Å². The van der Waals surface area contributed by atoms with E-state index in [-0.39, 0.29) is 18.3 Å². The van der Waals surface area contributed by atoms with Crippen LogP contribution >= 0.6 is 0 Å². The summed E-state index contributed by atoms with van der Waals surface area (Å²) in [6, 6.07) is 15.6. The molecule has 1 N–H and O–H groups in total. The lowest BCUT2D eigenvalue weighted by Gasteiger charge is -2.05. The molecule has 0 unspecified atom stereocenters. The summed E-state index contributed by atoms with van der Waals surface area (Å²) in [5, 5.41) is 2.71. The lowest BCUT2D eigenvalue weighted by molar-refractivity contribution is -0.133. The molecule has 0 spiro atoms. The van der Waals surface area contributed by atoms with Gasteiger partial charge in [-0.25, -0.2) is 0 Å². The van der Waals surface area contributed by atoms with Crippen LogP contribution in [0.1, 0.15) is 15.9 Å². The molecule has 2 aromatic rings. The first-order valence-electron chi connectivity index (χ1n) is 6.26. The zero-order chi connectivity index (χ0) is 14.4. The molecule has 2 rings (SSSR count). The van der Waals surface area contributed by atoms with Gasteiger partial charge >= 0.3 is 5.97 Å². The van der Waals surface area contributed by atoms with Crippen LogP contribution in [0.25, 0.3) is 0 Å². The van der Waals surface area contributed by atoms with Gasteiger partial charge in [-0.15, -0.1) is 0 Å². The van der Waals surface area contributed by atoms with Gasteiger partial charge in [0.25, 0.3) is 0 Å². The zero-order valence-corrected chi connectivity index (χ0v) is 11.1. The SMILES string of the molecule is CNCC(=O)Oc1ccc(C(=O)c2ccccc2)cc1. The van der Waals surface area contributed by atoms with Crippen molar-refractivity contribution in [3.05, 3.63) is 65.7 Å². The van der Waals surface area contributed by atoms with E-state index in [1.807, 2.05) is 18.2 Å². The molecule has 0 bridgehead atoms. The van der Waals surface area contributed by atoms with E-state index >= 15 is 0 Å². The molecule has 0 saturated heterocycles. The Bertz CT molecular complexity index is 591. The highest BCUT2D eigenvalue weighted by molar-refractivity contribution is 6.09. The normalized spacial score (nSPS) is 10.1. The molecule has 20 heavy (non-hydrogen) atoms. The van der Waals surface area contributed by atoms with Gasteiger partial charge in [-0.05, 0) is 31.3 Å². The molecule has 0 aliphatic heterocycles. The van der Waals surface area contributed by atoms with Crippen molar-refractivity contribution in [2.75, 3.05) is 13.6 Å². The van der Waals surface area contributed by atoms with Crippen molar-refractivity contribution < 1.29 is 14.3 Å². The number of rotatable bonds is 5. The van der Waals surface area contributed by atoms with E-state index in [9.17, 15) is 9.59 Å². The standard InChI is InChI=1S/C16H15NO3/c1-17-11-15(18)20-14-9-7-13(8-10-14)16(19)12-5-3-2-4-6-12/h2-10,17H,11H2,1H3. The van der Waals surface area contributed by atoms with Gasteiger partial charge < -0.3 is 10.1 Å². The smallest absolute Gasteiger partial charge is 0.325 e. The fraction of sp³-hybridized carbons (Fsp3) is 0.125. The quantitative estimate of drug-likeness (QED) is 0.513. The van der Waals surface area contributed by atoms with Crippen LogP contribution in [0.5, 0.6) is 5.75 Å². The van der Waals surface area contributed by atoms with E-state index in [1.54, 1.807) is 43.4 Å². The first-order chi connectivity index (χ1) is 9.70. The number of nitrogens with one attached hydrogen (secondary N) is 1. The number of hydrogen-bond donors (Lipinski definition) is 1. The van der Waals surface area contributed by atoms with Gasteiger partial charge in [0.15, 0.2) is 5.78 Å². The summed E-state index contributed by atoms with van der Waals surface area (Å²) in [5.41, 5.74) is 1.19. The molecule has 0 aliphatic carbocycles. The molecule has 0 saturated carbocycles. The van der Waals surface area contributed by atoms with E-state index in [0.29, 0.717) is 16.9 Å². The van der Waals surface area contributed by atoms with Crippen molar-refractivity contribution in [2.24, 2.45) is 0 Å². The summed E-state index contributed by atoms with van der Waals surface area (Å²) in [7, 11) is 1.67. The molecular formula is C16H15NO3. The van der Waals surface area contributed by atoms with Crippen LogP contribution < -0.4 is 10.1 Å². The van der Waals surface area contributed by atoms with E-state index < -0.39 is 0 Å². The highest BCUT2D eigenvalue weighted by atomic mass is 16.5. The van der Waals surface area contributed by atoms with Crippen molar-refractivity contribution in [3.8, 4) is 5.75 Å². The second kappa shape index (κ2) is 6.63. The van der Waals surface area contributed by atoms with Crippen molar-refractivity contribution >= 4 is 11.8 Å². The molecule has 0 amide bonds. The van der Waals surface area contributed by atoms with Crippen LogP contribution in [0.15, 0.2) is 54.6 Å². The fourth-order valence-electron chi connectivity index (χ4n) is 1.74. The third-order valence-electron chi connectivity index (χ3n) is 2.71. The Labute approximate surface area is 117 Å². The molecule has 0 heterocycles. The number of carbonyl (C=O) groups is 2. The van der Waals surface area contributed by atoms with Crippen LogP contribution in [0.3, 0.4) is 0 Å². The Morgan fingerprint density at radius 1 is 0.950 bits per heavy atom. The topological polar surface area (TPSA) is 55.4 Å². The first-order valence-corrected chi connectivity index (χ1v) is 6.26. The molecule has 102 valence electrons. The molecule has 0 fully saturated rings. The van der Waals surface area contributed by atoms with Crippen molar-refractivity contribution in [1.29, 1.82) is 0 Å². The van der Waals surface area contributed by atoms with E-state index in [0.717, 1.165) is 0 Å². The third kappa shape index (κ3) is 3.52. The van der Waals surface area contributed by atoms with Crippen LogP contribution in [0.2, 0.25) is 0 Å². The molecule has 0 atom stereocenters. The van der Waals surface area contributed by atoms with Crippen molar-refractivity contribution in [1.82, 2.24) is 5.32 Å². The summed E-state index contributed by atoms with van der Waals surface area (Å²) in [6.07, 6.45) is 0. The first kappa shape index (κ1) is 14.0. The lowest BCUT2D eigenvalue weighted by atomic mass is 10.0. The van der Waals surface area contributed by atoms with Gasteiger partial charge in [0, 0.05) is 11.1 Å². The summed E-state index contributed by atoms with van der Waals surface area (Å²) in [5.74, 6) is 0.00296. The van der Waals surface area contributed by atoms with Gasteiger partial charge in [0.2, 0.25) is 0 Å². The van der Waals surface area contributed by atoms with Gasteiger partial charge in [-0.3, -0.25) is 9.59 Å². The average Bonchev–Trinajstić information content (AvgIpc) is 2.48. The maximum Gasteiger partial charge on any atom is 0.325 e. The maximum absolute atomic E-state index is 12.2. The number of ketones is 1. The predicted molar refractivity (Wildman–Crippen MR) is 75.9 cm³/mol. The lowest BCUT2D eigenvalue weighted by Crippen LogP contribution is -2.23. The third-order valence-corrected chi connectivity index (χ3v) is 2.71. The molecule has 0 aromatic heterocycles. The largest absolute Gasteiger partial charge is 0.426 e. The Kier molecular flexibility index (Phi) is 4.63. The molecule has 4 heteroatoms. The van der Waals surface area contributed by atoms with Gasteiger partial charge in [-0.1, -0.05) is 30.3 Å². The van der Waals surface area contributed by atoms with E-state index in [2.05, 4.69) is 5.32 Å². The minimum absolute atomic E-state index is 0.0568. The van der Waals surface area contributed by atoms with Crippen LogP contribution in [0.4, 0.5) is 0 Å². The predicted octanol–water partition coefficient (Wildman–Crippen LogP) is 2.04. The number of likely N-dealkylation sites (N-methyl/N-ethyl adjacent to an activating group) is 1. The molecule has 0 aliphatic rings. The summed E-state index contributed by atoms with van der Waals surface area (Å²) in [4.78, 5) is 23.5. The molecular weight excluding hydrogens is 254 g/mol. The Balaban J connectivity index is 2.08. The van der Waals surface area contributed by atoms with Gasteiger partial charge in [-0.2, -0.15) is 0 Å². The highest BCUT2D eigenvalue weighted by Gasteiger charge is 2.09. The Morgan fingerprint density at radius 2 is 1.55 bits per heavy atom. The summed E-state index contributed by atoms with van der Waals surface area (Å²) in [6.45, 7) is 0.144.